The van der Waals surface area contributed by atoms with Crippen LogP contribution in [0.2, 0.25) is 0 Å². The van der Waals surface area contributed by atoms with E-state index in [-0.39, 0.29) is 5.41 Å². The largest absolute Gasteiger partial charge is 0.497 e. The number of methoxy groups -OCH3 is 1. The first-order valence-electron chi connectivity index (χ1n) is 7.89. The molecular weight excluding hydrogens is 286 g/mol. The monoisotopic (exact) mass is 307 g/mol. The fourth-order valence-corrected chi connectivity index (χ4v) is 3.87. The molecule has 0 N–H and O–H groups in total. The van der Waals surface area contributed by atoms with Crippen LogP contribution in [0, 0.1) is 0 Å². The molecular formula is C20H21NO2. The van der Waals surface area contributed by atoms with Gasteiger partial charge in [-0.2, -0.15) is 0 Å². The van der Waals surface area contributed by atoms with Crippen LogP contribution in [-0.2, 0) is 5.41 Å². The maximum absolute atomic E-state index is 6.59. The fraction of sp³-hybridized carbons (Fsp3) is 0.300. The molecule has 23 heavy (non-hydrogen) atoms. The van der Waals surface area contributed by atoms with Crippen molar-refractivity contribution in [2.75, 3.05) is 19.1 Å². The molecule has 0 bridgehead atoms. The van der Waals surface area contributed by atoms with Gasteiger partial charge < -0.3 is 14.4 Å². The molecule has 0 radical (unpaired) electrons. The highest BCUT2D eigenvalue weighted by atomic mass is 16.5. The van der Waals surface area contributed by atoms with Gasteiger partial charge in [0.2, 0.25) is 5.72 Å². The lowest BCUT2D eigenvalue weighted by Gasteiger charge is -2.45. The standard InChI is InChI=1S/C20H21NO2/c1-19(2)16-7-5-6-8-17(16)21(3)20(19)12-11-14-9-10-15(22-4)13-18(14)23-20/h5-13H,1-4H3. The molecule has 2 aromatic rings. The molecule has 3 heteroatoms. The van der Waals surface area contributed by atoms with Gasteiger partial charge in [0, 0.05) is 24.4 Å². The average molecular weight is 307 g/mol. The van der Waals surface area contributed by atoms with Crippen molar-refractivity contribution in [1.29, 1.82) is 0 Å². The maximum Gasteiger partial charge on any atom is 0.211 e. The highest BCUT2D eigenvalue weighted by molar-refractivity contribution is 5.72. The van der Waals surface area contributed by atoms with Gasteiger partial charge in [-0.15, -0.1) is 0 Å². The van der Waals surface area contributed by atoms with Crippen molar-refractivity contribution < 1.29 is 9.47 Å². The van der Waals surface area contributed by atoms with E-state index in [1.807, 2.05) is 18.2 Å². The minimum atomic E-state index is -0.532. The third-order valence-corrected chi connectivity index (χ3v) is 5.31. The van der Waals surface area contributed by atoms with Crippen LogP contribution in [0.4, 0.5) is 5.69 Å². The number of para-hydroxylation sites is 1. The topological polar surface area (TPSA) is 21.7 Å². The molecule has 0 saturated carbocycles. The molecule has 0 saturated heterocycles. The third-order valence-electron chi connectivity index (χ3n) is 5.31. The second-order valence-electron chi connectivity index (χ2n) is 6.74. The molecule has 1 unspecified atom stereocenters. The lowest BCUT2D eigenvalue weighted by atomic mass is 9.76. The normalized spacial score (nSPS) is 23.4. The van der Waals surface area contributed by atoms with E-state index in [2.05, 4.69) is 62.2 Å². The van der Waals surface area contributed by atoms with Crippen molar-refractivity contribution in [2.24, 2.45) is 0 Å². The van der Waals surface area contributed by atoms with E-state index in [0.717, 1.165) is 17.1 Å². The maximum atomic E-state index is 6.59. The van der Waals surface area contributed by atoms with Gasteiger partial charge in [0.15, 0.2) is 0 Å². The van der Waals surface area contributed by atoms with Crippen LogP contribution in [0.5, 0.6) is 11.5 Å². The zero-order chi connectivity index (χ0) is 16.2. The molecule has 0 amide bonds. The number of rotatable bonds is 1. The van der Waals surface area contributed by atoms with Gasteiger partial charge in [0.05, 0.1) is 12.5 Å². The van der Waals surface area contributed by atoms with Gasteiger partial charge in [-0.1, -0.05) is 18.2 Å². The Hall–Kier alpha value is -2.42. The molecule has 1 atom stereocenters. The lowest BCUT2D eigenvalue weighted by molar-refractivity contribution is 0.0579. The predicted octanol–water partition coefficient (Wildman–Crippen LogP) is 4.22. The van der Waals surface area contributed by atoms with Crippen molar-refractivity contribution in [3.8, 4) is 11.5 Å². The molecule has 0 aliphatic carbocycles. The average Bonchev–Trinajstić information content (AvgIpc) is 2.74. The summed E-state index contributed by atoms with van der Waals surface area (Å²) < 4.78 is 11.9. The zero-order valence-electron chi connectivity index (χ0n) is 14.0. The first kappa shape index (κ1) is 14.2. The van der Waals surface area contributed by atoms with E-state index in [4.69, 9.17) is 9.47 Å². The van der Waals surface area contributed by atoms with Gasteiger partial charge >= 0.3 is 0 Å². The van der Waals surface area contributed by atoms with Gasteiger partial charge in [-0.05, 0) is 49.8 Å². The summed E-state index contributed by atoms with van der Waals surface area (Å²) >= 11 is 0. The van der Waals surface area contributed by atoms with E-state index >= 15 is 0 Å². The van der Waals surface area contributed by atoms with Crippen molar-refractivity contribution in [3.63, 3.8) is 0 Å². The molecule has 2 heterocycles. The van der Waals surface area contributed by atoms with E-state index in [1.165, 1.54) is 11.3 Å². The number of likely N-dealkylation sites (N-methyl/N-ethyl adjacent to an activating group) is 1. The molecule has 2 aliphatic rings. The summed E-state index contributed by atoms with van der Waals surface area (Å²) in [5.41, 5.74) is 2.90. The Morgan fingerprint density at radius 1 is 1.09 bits per heavy atom. The summed E-state index contributed by atoms with van der Waals surface area (Å²) in [6, 6.07) is 14.5. The summed E-state index contributed by atoms with van der Waals surface area (Å²) in [6.07, 6.45) is 4.34. The Kier molecular flexibility index (Phi) is 2.80. The van der Waals surface area contributed by atoms with Crippen LogP contribution in [-0.4, -0.2) is 19.9 Å². The van der Waals surface area contributed by atoms with E-state index in [0.29, 0.717) is 0 Å². The molecule has 1 spiro atoms. The number of anilines is 1. The van der Waals surface area contributed by atoms with Crippen LogP contribution >= 0.6 is 0 Å². The quantitative estimate of drug-likeness (QED) is 0.787. The molecule has 3 nitrogen and oxygen atoms in total. The summed E-state index contributed by atoms with van der Waals surface area (Å²) in [5, 5.41) is 0. The van der Waals surface area contributed by atoms with E-state index in [9.17, 15) is 0 Å². The zero-order valence-corrected chi connectivity index (χ0v) is 14.0. The predicted molar refractivity (Wildman–Crippen MR) is 93.3 cm³/mol. The van der Waals surface area contributed by atoms with E-state index in [1.54, 1.807) is 7.11 Å². The van der Waals surface area contributed by atoms with Crippen LogP contribution in [0.3, 0.4) is 0 Å². The Labute approximate surface area is 137 Å². The summed E-state index contributed by atoms with van der Waals surface area (Å²) in [7, 11) is 3.78. The number of hydrogen-bond donors (Lipinski definition) is 0. The van der Waals surface area contributed by atoms with Crippen molar-refractivity contribution >= 4 is 11.8 Å². The molecule has 0 aromatic heterocycles. The van der Waals surface area contributed by atoms with Gasteiger partial charge in [0.1, 0.15) is 11.5 Å². The highest BCUT2D eigenvalue weighted by Gasteiger charge is 2.57. The number of nitrogens with zero attached hydrogens (tertiary/aromatic N) is 1. The second-order valence-corrected chi connectivity index (χ2v) is 6.74. The number of benzene rings is 2. The molecule has 2 aromatic carbocycles. The van der Waals surface area contributed by atoms with Gasteiger partial charge in [-0.25, -0.2) is 0 Å². The summed E-state index contributed by atoms with van der Waals surface area (Å²) in [6.45, 7) is 4.48. The Morgan fingerprint density at radius 2 is 1.87 bits per heavy atom. The number of hydrogen-bond acceptors (Lipinski definition) is 3. The second kappa shape index (κ2) is 4.54. The Balaban J connectivity index is 1.87. The summed E-state index contributed by atoms with van der Waals surface area (Å²) in [5.74, 6) is 1.67. The Bertz CT molecular complexity index is 809. The van der Waals surface area contributed by atoms with Crippen molar-refractivity contribution in [1.82, 2.24) is 0 Å². The van der Waals surface area contributed by atoms with Crippen LogP contribution < -0.4 is 14.4 Å². The number of ether oxygens (including phenoxy) is 2. The molecule has 2 aliphatic heterocycles. The molecule has 118 valence electrons. The summed E-state index contributed by atoms with van der Waals surface area (Å²) in [4.78, 5) is 2.24. The highest BCUT2D eigenvalue weighted by Crippen LogP contribution is 2.54. The fourth-order valence-electron chi connectivity index (χ4n) is 3.87. The van der Waals surface area contributed by atoms with Crippen LogP contribution in [0.25, 0.3) is 6.08 Å². The minimum Gasteiger partial charge on any atom is -0.497 e. The smallest absolute Gasteiger partial charge is 0.211 e. The Morgan fingerprint density at radius 3 is 2.61 bits per heavy atom. The van der Waals surface area contributed by atoms with Gasteiger partial charge in [-0.3, -0.25) is 0 Å². The first-order chi connectivity index (χ1) is 11.0. The van der Waals surface area contributed by atoms with Crippen LogP contribution in [0.1, 0.15) is 25.0 Å². The van der Waals surface area contributed by atoms with E-state index < -0.39 is 5.72 Å². The third kappa shape index (κ3) is 1.70. The SMILES string of the molecule is COc1ccc2c(c1)OC1(C=C2)N(C)c2ccccc2C1(C)C. The number of fused-ring (bicyclic) bond motifs is 2. The lowest BCUT2D eigenvalue weighted by Crippen LogP contribution is -2.58. The molecule has 4 rings (SSSR count). The van der Waals surface area contributed by atoms with Crippen molar-refractivity contribution in [3.05, 3.63) is 59.7 Å². The molecule has 0 fully saturated rings. The first-order valence-corrected chi connectivity index (χ1v) is 7.89. The van der Waals surface area contributed by atoms with Gasteiger partial charge in [0.25, 0.3) is 0 Å². The minimum absolute atomic E-state index is 0.171. The van der Waals surface area contributed by atoms with Crippen molar-refractivity contribution in [2.45, 2.75) is 25.0 Å². The van der Waals surface area contributed by atoms with Crippen LogP contribution in [0.15, 0.2) is 48.5 Å².